The Bertz CT molecular complexity index is 1020. The molecule has 1 aliphatic rings. The molecule has 7 nitrogen and oxygen atoms in total. The number of hydrogen-bond donors (Lipinski definition) is 1. The summed E-state index contributed by atoms with van der Waals surface area (Å²) in [6.07, 6.45) is -1.25. The molecule has 1 atom stereocenters. The standard InChI is InChI=1S/C19H18F3N5O2/c20-19(21,22)29-15-7-3-6-14(11-15)23-18(28)26-9-4-5-13(12-26)17-25-24-16-8-1-2-10-27(16)17/h1-3,6-8,10-11,13H,4-5,9,12H2,(H,23,28)/t13-/m0/s1. The minimum Gasteiger partial charge on any atom is -0.406 e. The molecule has 29 heavy (non-hydrogen) atoms. The van der Waals surface area contributed by atoms with Gasteiger partial charge in [-0.2, -0.15) is 0 Å². The van der Waals surface area contributed by atoms with Gasteiger partial charge in [-0.1, -0.05) is 12.1 Å². The number of hydrogen-bond acceptors (Lipinski definition) is 4. The van der Waals surface area contributed by atoms with Crippen molar-refractivity contribution in [2.75, 3.05) is 18.4 Å². The topological polar surface area (TPSA) is 71.8 Å². The van der Waals surface area contributed by atoms with Crippen molar-refractivity contribution in [3.8, 4) is 5.75 Å². The molecule has 3 heterocycles. The molecule has 0 radical (unpaired) electrons. The second kappa shape index (κ2) is 7.61. The Hall–Kier alpha value is -3.30. The molecule has 2 aromatic heterocycles. The van der Waals surface area contributed by atoms with Crippen LogP contribution in [-0.4, -0.2) is 45.0 Å². The van der Waals surface area contributed by atoms with Gasteiger partial charge in [-0.15, -0.1) is 23.4 Å². The van der Waals surface area contributed by atoms with Crippen LogP contribution in [0.15, 0.2) is 48.7 Å². The van der Waals surface area contributed by atoms with Gasteiger partial charge < -0.3 is 15.0 Å². The van der Waals surface area contributed by atoms with Gasteiger partial charge in [0.25, 0.3) is 0 Å². The Morgan fingerprint density at radius 1 is 1.17 bits per heavy atom. The smallest absolute Gasteiger partial charge is 0.406 e. The Morgan fingerprint density at radius 3 is 2.86 bits per heavy atom. The normalized spacial score (nSPS) is 17.3. The molecule has 0 aliphatic carbocycles. The van der Waals surface area contributed by atoms with Crippen LogP contribution in [0.2, 0.25) is 0 Å². The molecule has 1 N–H and O–H groups in total. The van der Waals surface area contributed by atoms with Crippen LogP contribution in [0.5, 0.6) is 5.75 Å². The first-order chi connectivity index (χ1) is 13.9. The first-order valence-electron chi connectivity index (χ1n) is 9.10. The van der Waals surface area contributed by atoms with E-state index in [1.165, 1.54) is 18.2 Å². The number of benzene rings is 1. The number of fused-ring (bicyclic) bond motifs is 1. The van der Waals surface area contributed by atoms with E-state index >= 15 is 0 Å². The van der Waals surface area contributed by atoms with Crippen molar-refractivity contribution < 1.29 is 22.7 Å². The zero-order valence-electron chi connectivity index (χ0n) is 15.3. The van der Waals surface area contributed by atoms with Gasteiger partial charge in [0.2, 0.25) is 0 Å². The van der Waals surface area contributed by atoms with Crippen LogP contribution < -0.4 is 10.1 Å². The van der Waals surface area contributed by atoms with Crippen molar-refractivity contribution >= 4 is 17.4 Å². The minimum absolute atomic E-state index is 0.0202. The van der Waals surface area contributed by atoms with Crippen LogP contribution in [0.4, 0.5) is 23.7 Å². The van der Waals surface area contributed by atoms with Gasteiger partial charge in [0, 0.05) is 37.0 Å². The highest BCUT2D eigenvalue weighted by atomic mass is 19.4. The number of aromatic nitrogens is 3. The molecule has 1 aromatic carbocycles. The highest BCUT2D eigenvalue weighted by Crippen LogP contribution is 2.28. The number of piperidine rings is 1. The zero-order chi connectivity index (χ0) is 20.4. The summed E-state index contributed by atoms with van der Waals surface area (Å²) in [7, 11) is 0. The molecule has 4 rings (SSSR count). The molecule has 1 fully saturated rings. The highest BCUT2D eigenvalue weighted by Gasteiger charge is 2.31. The van der Waals surface area contributed by atoms with E-state index in [4.69, 9.17) is 0 Å². The molecule has 0 spiro atoms. The SMILES string of the molecule is O=C(Nc1cccc(OC(F)(F)F)c1)N1CCC[C@H](c2nnc3ccccn23)C1. The summed E-state index contributed by atoms with van der Waals surface area (Å²) < 4.78 is 43.0. The van der Waals surface area contributed by atoms with Crippen LogP contribution in [0, 0.1) is 0 Å². The summed E-state index contributed by atoms with van der Waals surface area (Å²) in [4.78, 5) is 14.3. The molecule has 0 saturated carbocycles. The Labute approximate surface area is 164 Å². The van der Waals surface area contributed by atoms with E-state index in [1.54, 1.807) is 4.90 Å². The van der Waals surface area contributed by atoms with Crippen molar-refractivity contribution in [3.63, 3.8) is 0 Å². The van der Waals surface area contributed by atoms with Gasteiger partial charge in [0.1, 0.15) is 11.6 Å². The van der Waals surface area contributed by atoms with Gasteiger partial charge in [0.05, 0.1) is 0 Å². The lowest BCUT2D eigenvalue weighted by molar-refractivity contribution is -0.274. The third kappa shape index (κ3) is 4.41. The summed E-state index contributed by atoms with van der Waals surface area (Å²) in [5, 5.41) is 11.1. The number of nitrogens with zero attached hydrogens (tertiary/aromatic N) is 4. The average Bonchev–Trinajstić information content (AvgIpc) is 3.11. The minimum atomic E-state index is -4.79. The predicted molar refractivity (Wildman–Crippen MR) is 98.7 cm³/mol. The van der Waals surface area contributed by atoms with Crippen molar-refractivity contribution in [2.24, 2.45) is 0 Å². The average molecular weight is 405 g/mol. The van der Waals surface area contributed by atoms with Gasteiger partial charge in [-0.05, 0) is 37.1 Å². The molecular formula is C19H18F3N5O2. The molecule has 10 heteroatoms. The molecule has 3 aromatic rings. The number of carbonyl (C=O) groups excluding carboxylic acids is 1. The largest absolute Gasteiger partial charge is 0.573 e. The third-order valence-corrected chi connectivity index (χ3v) is 4.73. The number of likely N-dealkylation sites (tertiary alicyclic amines) is 1. The summed E-state index contributed by atoms with van der Waals surface area (Å²) >= 11 is 0. The maximum Gasteiger partial charge on any atom is 0.573 e. The highest BCUT2D eigenvalue weighted by molar-refractivity contribution is 5.89. The lowest BCUT2D eigenvalue weighted by atomic mass is 9.97. The van der Waals surface area contributed by atoms with E-state index in [9.17, 15) is 18.0 Å². The zero-order valence-corrected chi connectivity index (χ0v) is 15.3. The number of ether oxygens (including phenoxy) is 1. The third-order valence-electron chi connectivity index (χ3n) is 4.73. The summed E-state index contributed by atoms with van der Waals surface area (Å²) in [5.41, 5.74) is 0.970. The molecule has 1 aliphatic heterocycles. The van der Waals surface area contributed by atoms with E-state index < -0.39 is 6.36 Å². The summed E-state index contributed by atoms with van der Waals surface area (Å²) in [6, 6.07) is 10.5. The number of nitrogens with one attached hydrogen (secondary N) is 1. The van der Waals surface area contributed by atoms with E-state index in [-0.39, 0.29) is 23.4 Å². The molecule has 0 bridgehead atoms. The second-order valence-corrected chi connectivity index (χ2v) is 6.78. The lowest BCUT2D eigenvalue weighted by Gasteiger charge is -2.32. The molecule has 1 saturated heterocycles. The number of amides is 2. The van der Waals surface area contributed by atoms with Crippen LogP contribution >= 0.6 is 0 Å². The quantitative estimate of drug-likeness (QED) is 0.714. The van der Waals surface area contributed by atoms with Crippen LogP contribution in [-0.2, 0) is 0 Å². The number of rotatable bonds is 3. The molecule has 2 amide bonds. The first-order valence-corrected chi connectivity index (χ1v) is 9.10. The maximum absolute atomic E-state index is 12.7. The number of alkyl halides is 3. The second-order valence-electron chi connectivity index (χ2n) is 6.78. The first kappa shape index (κ1) is 19.0. The number of pyridine rings is 1. The van der Waals surface area contributed by atoms with Crippen molar-refractivity contribution in [3.05, 3.63) is 54.5 Å². The number of halogens is 3. The van der Waals surface area contributed by atoms with Gasteiger partial charge in [-0.25, -0.2) is 4.79 Å². The fraction of sp³-hybridized carbons (Fsp3) is 0.316. The summed E-state index contributed by atoms with van der Waals surface area (Å²) in [5.74, 6) is 0.423. The van der Waals surface area contributed by atoms with E-state index in [0.717, 1.165) is 30.4 Å². The van der Waals surface area contributed by atoms with Crippen LogP contribution in [0.3, 0.4) is 0 Å². The fourth-order valence-corrected chi connectivity index (χ4v) is 3.48. The number of urea groups is 1. The monoisotopic (exact) mass is 405 g/mol. The number of anilines is 1. The molecular weight excluding hydrogens is 387 g/mol. The lowest BCUT2D eigenvalue weighted by Crippen LogP contribution is -2.42. The van der Waals surface area contributed by atoms with E-state index in [0.29, 0.717) is 13.1 Å². The molecule has 152 valence electrons. The van der Waals surface area contributed by atoms with Gasteiger partial charge >= 0.3 is 12.4 Å². The predicted octanol–water partition coefficient (Wildman–Crippen LogP) is 4.04. The van der Waals surface area contributed by atoms with Crippen molar-refractivity contribution in [2.45, 2.75) is 25.1 Å². The van der Waals surface area contributed by atoms with Gasteiger partial charge in [-0.3, -0.25) is 4.40 Å². The summed E-state index contributed by atoms with van der Waals surface area (Å²) in [6.45, 7) is 0.998. The van der Waals surface area contributed by atoms with Crippen molar-refractivity contribution in [1.82, 2.24) is 19.5 Å². The van der Waals surface area contributed by atoms with E-state index in [2.05, 4.69) is 20.3 Å². The Kier molecular flexibility index (Phi) is 4.99. The molecule has 0 unspecified atom stereocenters. The number of carbonyl (C=O) groups is 1. The van der Waals surface area contributed by atoms with Crippen LogP contribution in [0.25, 0.3) is 5.65 Å². The van der Waals surface area contributed by atoms with E-state index in [1.807, 2.05) is 28.8 Å². The fourth-order valence-electron chi connectivity index (χ4n) is 3.48. The van der Waals surface area contributed by atoms with Gasteiger partial charge in [0.15, 0.2) is 5.65 Å². The Morgan fingerprint density at radius 2 is 2.03 bits per heavy atom. The van der Waals surface area contributed by atoms with Crippen LogP contribution in [0.1, 0.15) is 24.6 Å². The van der Waals surface area contributed by atoms with Crippen molar-refractivity contribution in [1.29, 1.82) is 0 Å². The Balaban J connectivity index is 1.45. The maximum atomic E-state index is 12.7.